The molecule has 0 amide bonds. The number of pyridine rings is 1. The van der Waals surface area contributed by atoms with Crippen LogP contribution in [0.15, 0.2) is 140 Å². The zero-order chi connectivity index (χ0) is 47.6. The molecule has 0 saturated heterocycles. The molecule has 6 aromatic carbocycles. The molecule has 3 aromatic heterocycles. The number of para-hydroxylation sites is 1. The third-order valence-corrected chi connectivity index (χ3v) is 12.9. The van der Waals surface area contributed by atoms with E-state index in [1.165, 1.54) is 33.5 Å². The van der Waals surface area contributed by atoms with Crippen molar-refractivity contribution < 1.29 is 30.4 Å². The van der Waals surface area contributed by atoms with Gasteiger partial charge in [-0.25, -0.2) is 4.98 Å². The second-order valence-corrected chi connectivity index (χ2v) is 21.8. The monoisotopic (exact) mass is 1080 g/mol. The van der Waals surface area contributed by atoms with Crippen LogP contribution in [0.5, 0.6) is 11.5 Å². The van der Waals surface area contributed by atoms with Gasteiger partial charge in [-0.15, -0.1) is 35.2 Å². The van der Waals surface area contributed by atoms with Gasteiger partial charge in [-0.3, -0.25) is 4.57 Å². The van der Waals surface area contributed by atoms with Gasteiger partial charge in [0.2, 0.25) is 0 Å². The van der Waals surface area contributed by atoms with Gasteiger partial charge in [0, 0.05) is 44.3 Å². The molecule has 68 heavy (non-hydrogen) atoms. The summed E-state index contributed by atoms with van der Waals surface area (Å²) in [5.74, 6) is 2.84. The molecule has 3 heterocycles. The van der Waals surface area contributed by atoms with Gasteiger partial charge in [0.1, 0.15) is 5.82 Å². The Kier molecular flexibility index (Phi) is 13.1. The number of hydrogen-bond donors (Lipinski definition) is 0. The summed E-state index contributed by atoms with van der Waals surface area (Å²) in [5, 5.41) is 2.22. The fourth-order valence-electron chi connectivity index (χ4n) is 9.61. The largest absolute Gasteiger partial charge is 0.510 e. The maximum absolute atomic E-state index is 6.92. The summed E-state index contributed by atoms with van der Waals surface area (Å²) >= 11 is 0. The van der Waals surface area contributed by atoms with Crippen molar-refractivity contribution in [1.29, 1.82) is 0 Å². The van der Waals surface area contributed by atoms with Crippen molar-refractivity contribution in [3.63, 3.8) is 0 Å². The molecule has 6 heteroatoms. The summed E-state index contributed by atoms with van der Waals surface area (Å²) in [4.78, 5) is 4.90. The minimum atomic E-state index is -0.269. The molecule has 0 aliphatic heterocycles. The van der Waals surface area contributed by atoms with E-state index in [0.29, 0.717) is 23.3 Å². The van der Waals surface area contributed by atoms with Crippen LogP contribution in [-0.2, 0) is 37.3 Å². The summed E-state index contributed by atoms with van der Waals surface area (Å²) in [6, 6.07) is 55.1. The summed E-state index contributed by atoms with van der Waals surface area (Å²) in [5.41, 5.74) is 14.3. The third-order valence-electron chi connectivity index (χ3n) is 12.9. The van der Waals surface area contributed by atoms with Crippen LogP contribution in [-0.4, -0.2) is 14.1 Å². The van der Waals surface area contributed by atoms with Crippen LogP contribution in [0.4, 0.5) is 0 Å². The number of ether oxygens (including phenoxy) is 1. The number of aromatic nitrogens is 4. The van der Waals surface area contributed by atoms with Crippen LogP contribution < -0.4 is 9.30 Å². The van der Waals surface area contributed by atoms with E-state index < -0.39 is 0 Å². The average Bonchev–Trinajstić information content (AvgIpc) is 3.87. The van der Waals surface area contributed by atoms with E-state index in [0.717, 1.165) is 55.8 Å². The predicted molar refractivity (Wildman–Crippen MR) is 278 cm³/mol. The topological polar surface area (TPSA) is 35.9 Å². The molecule has 0 N–H and O–H groups in total. The number of rotatable bonds is 9. The Labute approximate surface area is 419 Å². The molecule has 0 aliphatic rings. The summed E-state index contributed by atoms with van der Waals surface area (Å²) in [6.45, 7) is 29.6. The van der Waals surface area contributed by atoms with Crippen molar-refractivity contribution in [2.45, 2.75) is 118 Å². The summed E-state index contributed by atoms with van der Waals surface area (Å²) in [6.07, 6.45) is 5.80. The SMILES string of the molecule is CC(C)c1cccc(C(C)C)c1-c1ccc(-[n+]2[c-]n(-c3[c-]c(Oc4[c-]c5c(cc4)c4ccccc4n5-c4cc(C(C)(C)C)ccn4)cc(-c4ccccc4)c3)c(C(C)(C)C)c2C(C)(C)C)cc1.[Pt]. The van der Waals surface area contributed by atoms with Crippen LogP contribution in [0.2, 0.25) is 0 Å². The van der Waals surface area contributed by atoms with Gasteiger partial charge >= 0.3 is 0 Å². The van der Waals surface area contributed by atoms with Crippen molar-refractivity contribution in [3.05, 3.63) is 186 Å². The molecule has 9 aromatic rings. The Hall–Kier alpha value is -6.03. The first-order valence-corrected chi connectivity index (χ1v) is 23.9. The Morgan fingerprint density at radius 2 is 1.24 bits per heavy atom. The van der Waals surface area contributed by atoms with Gasteiger partial charge in [-0.2, -0.15) is 12.1 Å². The van der Waals surface area contributed by atoms with Gasteiger partial charge < -0.3 is 13.9 Å². The van der Waals surface area contributed by atoms with Crippen LogP contribution in [0, 0.1) is 18.5 Å². The number of imidazole rings is 1. The second kappa shape index (κ2) is 18.5. The molecule has 0 aliphatic carbocycles. The maximum Gasteiger partial charge on any atom is 0.267 e. The average molecular weight is 1080 g/mol. The number of fused-ring (bicyclic) bond motifs is 3. The van der Waals surface area contributed by atoms with Crippen molar-refractivity contribution >= 4 is 21.8 Å². The second-order valence-electron chi connectivity index (χ2n) is 21.8. The Morgan fingerprint density at radius 1 is 0.574 bits per heavy atom. The normalized spacial score (nSPS) is 12.3. The van der Waals surface area contributed by atoms with E-state index in [1.807, 2.05) is 12.3 Å². The zero-order valence-electron chi connectivity index (χ0n) is 41.9. The van der Waals surface area contributed by atoms with Crippen molar-refractivity contribution in [1.82, 2.24) is 14.1 Å². The first-order chi connectivity index (χ1) is 31.8. The molecule has 0 bridgehead atoms. The predicted octanol–water partition coefficient (Wildman–Crippen LogP) is 15.9. The number of benzene rings is 6. The van der Waals surface area contributed by atoms with E-state index >= 15 is 0 Å². The van der Waals surface area contributed by atoms with Gasteiger partial charge in [-0.1, -0.05) is 174 Å². The minimum absolute atomic E-state index is 0. The molecule has 350 valence electrons. The number of nitrogens with zero attached hydrogens (tertiary/aromatic N) is 4. The molecule has 0 unspecified atom stereocenters. The molecule has 0 fully saturated rings. The van der Waals surface area contributed by atoms with Gasteiger partial charge in [0.05, 0.1) is 17.1 Å². The fourth-order valence-corrected chi connectivity index (χ4v) is 9.61. The Morgan fingerprint density at radius 3 is 1.87 bits per heavy atom. The maximum atomic E-state index is 6.92. The van der Waals surface area contributed by atoms with Crippen molar-refractivity contribution in [2.75, 3.05) is 0 Å². The van der Waals surface area contributed by atoms with E-state index in [1.54, 1.807) is 0 Å². The van der Waals surface area contributed by atoms with Crippen LogP contribution in [0.1, 0.15) is 130 Å². The Bertz CT molecular complexity index is 3230. The zero-order valence-corrected chi connectivity index (χ0v) is 44.2. The molecule has 5 nitrogen and oxygen atoms in total. The van der Waals surface area contributed by atoms with E-state index in [9.17, 15) is 0 Å². The van der Waals surface area contributed by atoms with Gasteiger partial charge in [-0.05, 0) is 103 Å². The van der Waals surface area contributed by atoms with E-state index in [2.05, 4.69) is 250 Å². The molecule has 0 spiro atoms. The molecule has 0 radical (unpaired) electrons. The van der Waals surface area contributed by atoms with E-state index in [4.69, 9.17) is 9.72 Å². The van der Waals surface area contributed by atoms with Crippen molar-refractivity contribution in [2.24, 2.45) is 0 Å². The van der Waals surface area contributed by atoms with Crippen LogP contribution in [0.3, 0.4) is 0 Å². The van der Waals surface area contributed by atoms with E-state index in [-0.39, 0.29) is 37.3 Å². The molecule has 9 rings (SSSR count). The summed E-state index contributed by atoms with van der Waals surface area (Å²) in [7, 11) is 0. The molecular formula is C62H64N4OPt-2. The smallest absolute Gasteiger partial charge is 0.267 e. The molecular weight excluding hydrogens is 1010 g/mol. The standard InChI is InChI=1S/C62H64N4O.Pt/c1-40(2)50-23-19-24-51(41(3)4)57(50)43-26-28-46(29-27-43)64-39-65(59(62(11,12)13)58(64)61(8,9)10)47-34-44(42-20-15-14-16-21-42)35-49(37-47)67-48-30-31-53-52-22-17-18-25-54(52)66(55(53)38-48)56-36-45(32-33-63-56)60(5,6)7;/h14-36,40-41H,1-13H3;/q-2;. The first-order valence-electron chi connectivity index (χ1n) is 23.9. The van der Waals surface area contributed by atoms with Gasteiger partial charge in [0.25, 0.3) is 6.33 Å². The minimum Gasteiger partial charge on any atom is -0.510 e. The molecule has 0 atom stereocenters. The Balaban J connectivity index is 0.00000625. The van der Waals surface area contributed by atoms with Crippen LogP contribution >= 0.6 is 0 Å². The fraction of sp³-hybridized carbons (Fsp3) is 0.290. The summed E-state index contributed by atoms with van der Waals surface area (Å²) < 4.78 is 13.6. The van der Waals surface area contributed by atoms with Crippen molar-refractivity contribution in [3.8, 4) is 50.9 Å². The number of hydrogen-bond acceptors (Lipinski definition) is 2. The first kappa shape index (κ1) is 48.4. The third kappa shape index (κ3) is 9.27. The molecule has 0 saturated carbocycles. The van der Waals surface area contributed by atoms with Crippen LogP contribution in [0.25, 0.3) is 61.3 Å². The quantitative estimate of drug-likeness (QED) is 0.107. The van der Waals surface area contributed by atoms with Gasteiger partial charge in [0.15, 0.2) is 0 Å².